The van der Waals surface area contributed by atoms with E-state index in [0.717, 1.165) is 5.52 Å². The van der Waals surface area contributed by atoms with Crippen LogP contribution in [0.15, 0.2) is 18.5 Å². The van der Waals surface area contributed by atoms with E-state index in [1.807, 2.05) is 6.07 Å². The van der Waals surface area contributed by atoms with Crippen molar-refractivity contribution in [2.24, 2.45) is 0 Å². The summed E-state index contributed by atoms with van der Waals surface area (Å²) in [6, 6.07) is 3.72. The van der Waals surface area contributed by atoms with Gasteiger partial charge in [-0.15, -0.1) is 0 Å². The van der Waals surface area contributed by atoms with Crippen molar-refractivity contribution in [2.75, 3.05) is 0 Å². The fourth-order valence-corrected chi connectivity index (χ4v) is 1.24. The molecule has 2 rings (SSSR count). The number of nitrogens with zero attached hydrogens (tertiary/aromatic N) is 2. The Labute approximate surface area is 73.6 Å². The number of aromatic nitrogens is 2. The third kappa shape index (κ3) is 0.936. The highest BCUT2D eigenvalue weighted by Gasteiger charge is 2.02. The number of aromatic amines is 1. The van der Waals surface area contributed by atoms with E-state index in [-0.39, 0.29) is 0 Å². The van der Waals surface area contributed by atoms with E-state index >= 15 is 0 Å². The molecule has 2 aromatic heterocycles. The molecule has 4 heteroatoms. The Morgan fingerprint density at radius 3 is 3.17 bits per heavy atom. The molecule has 0 fully saturated rings. The largest absolute Gasteiger partial charge is 0.358 e. The van der Waals surface area contributed by atoms with E-state index < -0.39 is 0 Å². The second-order valence-corrected chi connectivity index (χ2v) is 2.78. The first-order chi connectivity index (χ1) is 5.81. The zero-order chi connectivity index (χ0) is 8.55. The Hall–Kier alpha value is -1.53. The Bertz CT molecular complexity index is 467. The van der Waals surface area contributed by atoms with E-state index in [4.69, 9.17) is 16.9 Å². The fourth-order valence-electron chi connectivity index (χ4n) is 1.04. The van der Waals surface area contributed by atoms with Gasteiger partial charge in [0, 0.05) is 12.4 Å². The fraction of sp³-hybridized carbons (Fsp3) is 0. The summed E-state index contributed by atoms with van der Waals surface area (Å²) in [5, 5.41) is 9.15. The van der Waals surface area contributed by atoms with Crippen LogP contribution in [0.1, 0.15) is 5.56 Å². The topological polar surface area (TPSA) is 52.5 Å². The van der Waals surface area contributed by atoms with Crippen LogP contribution in [0, 0.1) is 11.3 Å². The molecule has 0 spiro atoms. The summed E-state index contributed by atoms with van der Waals surface area (Å²) in [6.07, 6.45) is 3.16. The molecule has 0 aliphatic heterocycles. The van der Waals surface area contributed by atoms with Gasteiger partial charge < -0.3 is 4.98 Å². The predicted octanol–water partition coefficient (Wildman–Crippen LogP) is 2.09. The van der Waals surface area contributed by atoms with Crippen molar-refractivity contribution in [1.82, 2.24) is 9.97 Å². The van der Waals surface area contributed by atoms with Gasteiger partial charge in [0.15, 0.2) is 0 Å². The predicted molar refractivity (Wildman–Crippen MR) is 45.8 cm³/mol. The molecular weight excluding hydrogens is 174 g/mol. The lowest BCUT2D eigenvalue weighted by Crippen LogP contribution is -1.78. The standard InChI is InChI=1S/C8H4ClN3/c9-6-4-11-7-1-5(2-10)3-12-8(6)7/h1,3-4,11H. The van der Waals surface area contributed by atoms with Crippen LogP contribution in [0.5, 0.6) is 0 Å². The maximum Gasteiger partial charge on any atom is 0.107 e. The maximum absolute atomic E-state index is 8.57. The summed E-state index contributed by atoms with van der Waals surface area (Å²) in [5.41, 5.74) is 2.02. The van der Waals surface area contributed by atoms with Gasteiger partial charge >= 0.3 is 0 Å². The summed E-state index contributed by atoms with van der Waals surface area (Å²) in [4.78, 5) is 6.94. The Kier molecular flexibility index (Phi) is 1.49. The number of fused-ring (bicyclic) bond motifs is 1. The van der Waals surface area contributed by atoms with Gasteiger partial charge in [-0.25, -0.2) is 0 Å². The minimum absolute atomic E-state index is 0.529. The zero-order valence-electron chi connectivity index (χ0n) is 6.00. The van der Waals surface area contributed by atoms with E-state index in [2.05, 4.69) is 9.97 Å². The first-order valence-electron chi connectivity index (χ1n) is 3.34. The molecule has 3 nitrogen and oxygen atoms in total. The monoisotopic (exact) mass is 177 g/mol. The molecule has 0 aliphatic rings. The second kappa shape index (κ2) is 2.50. The van der Waals surface area contributed by atoms with Crippen LogP contribution in [0.25, 0.3) is 11.0 Å². The number of hydrogen-bond donors (Lipinski definition) is 1. The van der Waals surface area contributed by atoms with Crippen LogP contribution < -0.4 is 0 Å². The number of H-pyrrole nitrogens is 1. The lowest BCUT2D eigenvalue weighted by molar-refractivity contribution is 1.37. The maximum atomic E-state index is 8.57. The average Bonchev–Trinajstić information content (AvgIpc) is 2.47. The second-order valence-electron chi connectivity index (χ2n) is 2.37. The molecular formula is C8H4ClN3. The molecule has 0 saturated carbocycles. The number of halogens is 1. The van der Waals surface area contributed by atoms with Crippen LogP contribution in [-0.2, 0) is 0 Å². The summed E-state index contributed by atoms with van der Waals surface area (Å²) in [7, 11) is 0. The molecule has 2 aromatic rings. The van der Waals surface area contributed by atoms with E-state index in [1.165, 1.54) is 6.20 Å². The molecule has 12 heavy (non-hydrogen) atoms. The van der Waals surface area contributed by atoms with Gasteiger partial charge in [-0.1, -0.05) is 11.6 Å². The molecule has 0 unspecified atom stereocenters. The van der Waals surface area contributed by atoms with E-state index in [9.17, 15) is 0 Å². The number of rotatable bonds is 0. The quantitative estimate of drug-likeness (QED) is 0.670. The highest BCUT2D eigenvalue weighted by molar-refractivity contribution is 6.35. The number of pyridine rings is 1. The van der Waals surface area contributed by atoms with Crippen molar-refractivity contribution >= 4 is 22.6 Å². The van der Waals surface area contributed by atoms with Crippen LogP contribution >= 0.6 is 11.6 Å². The summed E-state index contributed by atoms with van der Waals surface area (Å²) in [6.45, 7) is 0. The number of nitrogens with one attached hydrogen (secondary N) is 1. The van der Waals surface area contributed by atoms with Gasteiger partial charge in [0.05, 0.1) is 16.1 Å². The SMILES string of the molecule is N#Cc1cnc2c(Cl)c[nH]c2c1. The van der Waals surface area contributed by atoms with E-state index in [1.54, 1.807) is 12.3 Å². The Balaban J connectivity index is 2.80. The molecule has 0 atom stereocenters. The van der Waals surface area contributed by atoms with Gasteiger partial charge in [-0.3, -0.25) is 4.98 Å². The van der Waals surface area contributed by atoms with Gasteiger partial charge in [0.25, 0.3) is 0 Å². The first-order valence-corrected chi connectivity index (χ1v) is 3.72. The smallest absolute Gasteiger partial charge is 0.107 e. The number of hydrogen-bond acceptors (Lipinski definition) is 2. The molecule has 0 aromatic carbocycles. The molecule has 1 N–H and O–H groups in total. The average molecular weight is 178 g/mol. The third-order valence-corrected chi connectivity index (χ3v) is 1.89. The van der Waals surface area contributed by atoms with Crippen molar-refractivity contribution in [3.63, 3.8) is 0 Å². The Morgan fingerprint density at radius 2 is 2.42 bits per heavy atom. The van der Waals surface area contributed by atoms with Crippen molar-refractivity contribution < 1.29 is 0 Å². The zero-order valence-corrected chi connectivity index (χ0v) is 6.76. The third-order valence-electron chi connectivity index (χ3n) is 1.60. The molecule has 0 aliphatic carbocycles. The molecule has 2 heterocycles. The molecule has 58 valence electrons. The van der Waals surface area contributed by atoms with Crippen LogP contribution in [0.3, 0.4) is 0 Å². The van der Waals surface area contributed by atoms with Crippen molar-refractivity contribution in [3.05, 3.63) is 29.0 Å². The van der Waals surface area contributed by atoms with Crippen molar-refractivity contribution in [1.29, 1.82) is 5.26 Å². The summed E-state index contributed by atoms with van der Waals surface area (Å²) < 4.78 is 0. The minimum atomic E-state index is 0.529. The molecule has 0 bridgehead atoms. The normalized spacial score (nSPS) is 10.0. The highest BCUT2D eigenvalue weighted by atomic mass is 35.5. The van der Waals surface area contributed by atoms with Gasteiger partial charge in [-0.2, -0.15) is 5.26 Å². The summed E-state index contributed by atoms with van der Waals surface area (Å²) >= 11 is 5.79. The van der Waals surface area contributed by atoms with Crippen LogP contribution in [0.4, 0.5) is 0 Å². The Morgan fingerprint density at radius 1 is 1.58 bits per heavy atom. The lowest BCUT2D eigenvalue weighted by atomic mass is 10.3. The van der Waals surface area contributed by atoms with Gasteiger partial charge in [0.1, 0.15) is 11.6 Å². The molecule has 0 radical (unpaired) electrons. The van der Waals surface area contributed by atoms with Crippen LogP contribution in [0.2, 0.25) is 5.02 Å². The van der Waals surface area contributed by atoms with Crippen molar-refractivity contribution in [2.45, 2.75) is 0 Å². The lowest BCUT2D eigenvalue weighted by Gasteiger charge is -1.89. The number of nitriles is 1. The summed E-state index contributed by atoms with van der Waals surface area (Å²) in [5.74, 6) is 0. The van der Waals surface area contributed by atoms with Crippen LogP contribution in [-0.4, -0.2) is 9.97 Å². The molecule has 0 amide bonds. The molecule has 0 saturated heterocycles. The highest BCUT2D eigenvalue weighted by Crippen LogP contribution is 2.20. The first kappa shape index (κ1) is 7.14. The van der Waals surface area contributed by atoms with Gasteiger partial charge in [-0.05, 0) is 6.07 Å². The van der Waals surface area contributed by atoms with E-state index in [0.29, 0.717) is 16.1 Å². The minimum Gasteiger partial charge on any atom is -0.358 e. The van der Waals surface area contributed by atoms with Gasteiger partial charge in [0.2, 0.25) is 0 Å². The van der Waals surface area contributed by atoms with Crippen molar-refractivity contribution in [3.8, 4) is 6.07 Å².